The van der Waals surface area contributed by atoms with E-state index in [1.165, 1.54) is 0 Å². The van der Waals surface area contributed by atoms with Crippen LogP contribution in [-0.2, 0) is 5.41 Å². The maximum atomic E-state index is 7.89. The lowest BCUT2D eigenvalue weighted by atomic mass is 9.73. The first-order valence-electron chi connectivity index (χ1n) is 5.53. The fourth-order valence-corrected chi connectivity index (χ4v) is 2.76. The zero-order valence-electron chi connectivity index (χ0n) is 9.39. The van der Waals surface area contributed by atoms with Crippen LogP contribution in [0.25, 0.3) is 0 Å². The number of nitrogens with zero attached hydrogens (tertiary/aromatic N) is 1. The minimum absolute atomic E-state index is 0.253. The van der Waals surface area contributed by atoms with Crippen molar-refractivity contribution in [2.75, 3.05) is 13.1 Å². The molecule has 1 saturated heterocycles. The van der Waals surface area contributed by atoms with Crippen LogP contribution >= 0.6 is 11.6 Å². The average molecular weight is 238 g/mol. The van der Waals surface area contributed by atoms with Crippen LogP contribution in [0, 0.1) is 12.3 Å². The minimum Gasteiger partial charge on any atom is -0.317 e. The Morgan fingerprint density at radius 3 is 2.75 bits per heavy atom. The van der Waals surface area contributed by atoms with Gasteiger partial charge in [0.05, 0.1) is 5.41 Å². The van der Waals surface area contributed by atoms with Crippen molar-refractivity contribution in [3.05, 3.63) is 29.6 Å². The van der Waals surface area contributed by atoms with E-state index in [-0.39, 0.29) is 10.6 Å². The number of nitrogens with one attached hydrogen (secondary N) is 2. The quantitative estimate of drug-likeness (QED) is 0.775. The van der Waals surface area contributed by atoms with Crippen molar-refractivity contribution in [3.63, 3.8) is 0 Å². The summed E-state index contributed by atoms with van der Waals surface area (Å²) in [6.07, 6.45) is 5.41. The third-order valence-electron chi connectivity index (χ3n) is 3.41. The van der Waals surface area contributed by atoms with Crippen LogP contribution in [0.3, 0.4) is 0 Å². The molecule has 0 atom stereocenters. The maximum absolute atomic E-state index is 7.89. The second-order valence-electron chi connectivity index (χ2n) is 4.34. The number of aromatic nitrogens is 1. The molecule has 0 radical (unpaired) electrons. The Labute approximate surface area is 101 Å². The molecule has 0 aromatic carbocycles. The Kier molecular flexibility index (Phi) is 3.26. The lowest BCUT2D eigenvalue weighted by molar-refractivity contribution is 0.398. The molecule has 1 aliphatic heterocycles. The molecule has 1 aromatic rings. The van der Waals surface area contributed by atoms with Gasteiger partial charge >= 0.3 is 0 Å². The van der Waals surface area contributed by atoms with Crippen LogP contribution in [0.1, 0.15) is 24.0 Å². The molecule has 4 heteroatoms. The van der Waals surface area contributed by atoms with Crippen molar-refractivity contribution in [1.29, 1.82) is 5.41 Å². The van der Waals surface area contributed by atoms with E-state index in [4.69, 9.17) is 17.0 Å². The van der Waals surface area contributed by atoms with Gasteiger partial charge in [-0.1, -0.05) is 11.6 Å². The lowest BCUT2D eigenvalue weighted by Crippen LogP contribution is -2.44. The molecule has 0 saturated carbocycles. The highest BCUT2D eigenvalue weighted by atomic mass is 35.5. The Bertz CT molecular complexity index is 397. The number of rotatable bonds is 2. The molecule has 0 spiro atoms. The number of aryl methyl sites for hydroxylation is 1. The highest BCUT2D eigenvalue weighted by Gasteiger charge is 2.38. The van der Waals surface area contributed by atoms with Crippen LogP contribution in [-0.4, -0.2) is 23.2 Å². The number of piperidine rings is 1. The van der Waals surface area contributed by atoms with E-state index in [0.717, 1.165) is 37.1 Å². The molecule has 0 bridgehead atoms. The van der Waals surface area contributed by atoms with Crippen LogP contribution in [0.4, 0.5) is 0 Å². The zero-order chi connectivity index (χ0) is 11.6. The zero-order valence-corrected chi connectivity index (χ0v) is 10.1. The molecule has 3 nitrogen and oxygen atoms in total. The number of hydrogen-bond acceptors (Lipinski definition) is 3. The van der Waals surface area contributed by atoms with Gasteiger partial charge in [0.2, 0.25) is 0 Å². The summed E-state index contributed by atoms with van der Waals surface area (Å²) >= 11 is 6.05. The predicted octanol–water partition coefficient (Wildman–Crippen LogP) is 2.23. The number of pyridine rings is 1. The van der Waals surface area contributed by atoms with Gasteiger partial charge in [0.1, 0.15) is 5.17 Å². The van der Waals surface area contributed by atoms with Gasteiger partial charge in [-0.25, -0.2) is 0 Å². The molecule has 2 N–H and O–H groups in total. The molecule has 86 valence electrons. The molecular weight excluding hydrogens is 222 g/mol. The van der Waals surface area contributed by atoms with Crippen molar-refractivity contribution in [2.45, 2.75) is 25.2 Å². The Balaban J connectivity index is 2.47. The molecule has 0 amide bonds. The van der Waals surface area contributed by atoms with E-state index >= 15 is 0 Å². The predicted molar refractivity (Wildman–Crippen MR) is 66.3 cm³/mol. The third kappa shape index (κ3) is 1.85. The largest absolute Gasteiger partial charge is 0.317 e. The van der Waals surface area contributed by atoms with E-state index in [1.807, 2.05) is 19.2 Å². The highest BCUT2D eigenvalue weighted by Crippen LogP contribution is 2.37. The summed E-state index contributed by atoms with van der Waals surface area (Å²) in [6, 6.07) is 2.00. The molecular formula is C12H16ClN3. The first-order chi connectivity index (χ1) is 7.67. The summed E-state index contributed by atoms with van der Waals surface area (Å²) in [7, 11) is 0. The maximum Gasteiger partial charge on any atom is 0.108 e. The van der Waals surface area contributed by atoms with Crippen LogP contribution < -0.4 is 5.32 Å². The molecule has 1 aliphatic rings. The monoisotopic (exact) mass is 237 g/mol. The van der Waals surface area contributed by atoms with Crippen molar-refractivity contribution in [1.82, 2.24) is 10.3 Å². The Morgan fingerprint density at radius 2 is 2.19 bits per heavy atom. The van der Waals surface area contributed by atoms with E-state index in [0.29, 0.717) is 0 Å². The fraction of sp³-hybridized carbons (Fsp3) is 0.500. The standard InChI is InChI=1S/C12H16ClN3/c1-9-8-16-5-2-10(9)12(11(13)14)3-6-15-7-4-12/h2,5,8,14-15H,3-4,6-7H2,1H3. The second kappa shape index (κ2) is 4.52. The number of halogens is 1. The second-order valence-corrected chi connectivity index (χ2v) is 4.71. The van der Waals surface area contributed by atoms with Gasteiger partial charge in [-0.3, -0.25) is 10.4 Å². The van der Waals surface area contributed by atoms with E-state index in [2.05, 4.69) is 10.3 Å². The normalized spacial score (nSPS) is 19.4. The van der Waals surface area contributed by atoms with Crippen LogP contribution in [0.2, 0.25) is 0 Å². The molecule has 1 fully saturated rings. The van der Waals surface area contributed by atoms with E-state index in [1.54, 1.807) is 6.20 Å². The summed E-state index contributed by atoms with van der Waals surface area (Å²) in [5, 5.41) is 11.5. The van der Waals surface area contributed by atoms with Gasteiger partial charge < -0.3 is 5.32 Å². The van der Waals surface area contributed by atoms with Gasteiger partial charge in [0.25, 0.3) is 0 Å². The van der Waals surface area contributed by atoms with Gasteiger partial charge in [0, 0.05) is 12.4 Å². The summed E-state index contributed by atoms with van der Waals surface area (Å²) < 4.78 is 0. The van der Waals surface area contributed by atoms with Gasteiger partial charge in [-0.05, 0) is 50.0 Å². The topological polar surface area (TPSA) is 48.8 Å². The van der Waals surface area contributed by atoms with Crippen molar-refractivity contribution < 1.29 is 0 Å². The first kappa shape index (κ1) is 11.6. The highest BCUT2D eigenvalue weighted by molar-refractivity contribution is 6.66. The summed E-state index contributed by atoms with van der Waals surface area (Å²) in [5.74, 6) is 0. The SMILES string of the molecule is Cc1cnccc1C1(C(=N)Cl)CCNCC1. The summed E-state index contributed by atoms with van der Waals surface area (Å²) in [5.41, 5.74) is 1.98. The smallest absolute Gasteiger partial charge is 0.108 e. The molecule has 2 rings (SSSR count). The van der Waals surface area contributed by atoms with Gasteiger partial charge in [-0.2, -0.15) is 0 Å². The minimum atomic E-state index is -0.292. The van der Waals surface area contributed by atoms with Crippen LogP contribution in [0.5, 0.6) is 0 Å². The number of hydrogen-bond donors (Lipinski definition) is 2. The molecule has 1 aromatic heterocycles. The van der Waals surface area contributed by atoms with Crippen LogP contribution in [0.15, 0.2) is 18.5 Å². The van der Waals surface area contributed by atoms with Gasteiger partial charge in [-0.15, -0.1) is 0 Å². The van der Waals surface area contributed by atoms with E-state index < -0.39 is 0 Å². The van der Waals surface area contributed by atoms with Crippen molar-refractivity contribution in [2.24, 2.45) is 0 Å². The Hall–Kier alpha value is -0.930. The van der Waals surface area contributed by atoms with Gasteiger partial charge in [0.15, 0.2) is 0 Å². The molecule has 0 aliphatic carbocycles. The average Bonchev–Trinajstić information content (AvgIpc) is 2.30. The third-order valence-corrected chi connectivity index (χ3v) is 3.77. The summed E-state index contributed by atoms with van der Waals surface area (Å²) in [6.45, 7) is 3.86. The van der Waals surface area contributed by atoms with Crippen molar-refractivity contribution in [3.8, 4) is 0 Å². The Morgan fingerprint density at radius 1 is 1.50 bits per heavy atom. The first-order valence-corrected chi connectivity index (χ1v) is 5.91. The summed E-state index contributed by atoms with van der Waals surface area (Å²) in [4.78, 5) is 4.10. The fourth-order valence-electron chi connectivity index (χ4n) is 2.47. The van der Waals surface area contributed by atoms with E-state index in [9.17, 15) is 0 Å². The molecule has 16 heavy (non-hydrogen) atoms. The molecule has 2 heterocycles. The molecule has 0 unspecified atom stereocenters. The lowest BCUT2D eigenvalue weighted by Gasteiger charge is -2.37. The van der Waals surface area contributed by atoms with Crippen molar-refractivity contribution >= 4 is 16.8 Å².